The van der Waals surface area contributed by atoms with Gasteiger partial charge in [0.1, 0.15) is 11.3 Å². The molecule has 0 radical (unpaired) electrons. The van der Waals surface area contributed by atoms with Crippen LogP contribution in [-0.4, -0.2) is 53.8 Å². The van der Waals surface area contributed by atoms with Crippen LogP contribution in [0.2, 0.25) is 0 Å². The first-order chi connectivity index (χ1) is 14.2. The monoisotopic (exact) mass is 418 g/mol. The van der Waals surface area contributed by atoms with Crippen molar-refractivity contribution in [3.8, 4) is 0 Å². The standard InChI is InChI=1S/C21H24F2N4O3/c1-25(2)12-8-26(9-21(12)5-6-21)18-14(22)16(24)13-17(15(18)23)27(10-3-4-10)7-11(19(13)28)20(29)30/h7,10,12H,3-6,8-9,24H2,1-2H3,(H,29,30)/t12-/m1/s1. The molecule has 2 heterocycles. The predicted octanol–water partition coefficient (Wildman–Crippen LogP) is 2.43. The van der Waals surface area contributed by atoms with Crippen molar-refractivity contribution >= 4 is 28.2 Å². The highest BCUT2D eigenvalue weighted by molar-refractivity contribution is 5.99. The highest BCUT2D eigenvalue weighted by Crippen LogP contribution is 2.55. The van der Waals surface area contributed by atoms with E-state index in [2.05, 4.69) is 4.90 Å². The van der Waals surface area contributed by atoms with E-state index in [-0.39, 0.29) is 34.1 Å². The lowest BCUT2D eigenvalue weighted by Gasteiger charge is -2.25. The van der Waals surface area contributed by atoms with Crippen molar-refractivity contribution in [3.63, 3.8) is 0 Å². The number of aromatic nitrogens is 1. The number of nitrogens with zero attached hydrogens (tertiary/aromatic N) is 3. The Morgan fingerprint density at radius 1 is 1.27 bits per heavy atom. The minimum Gasteiger partial charge on any atom is -0.477 e. The molecule has 1 atom stereocenters. The summed E-state index contributed by atoms with van der Waals surface area (Å²) in [4.78, 5) is 28.1. The van der Waals surface area contributed by atoms with Crippen molar-refractivity contribution in [1.82, 2.24) is 9.47 Å². The van der Waals surface area contributed by atoms with Crippen LogP contribution >= 0.6 is 0 Å². The van der Waals surface area contributed by atoms with Gasteiger partial charge in [0.25, 0.3) is 0 Å². The zero-order valence-corrected chi connectivity index (χ0v) is 16.9. The topological polar surface area (TPSA) is 91.8 Å². The number of carboxylic acid groups (broad SMARTS) is 1. The Morgan fingerprint density at radius 2 is 1.93 bits per heavy atom. The quantitative estimate of drug-likeness (QED) is 0.741. The van der Waals surface area contributed by atoms with E-state index < -0.39 is 34.3 Å². The van der Waals surface area contributed by atoms with Gasteiger partial charge in [-0.15, -0.1) is 0 Å². The highest BCUT2D eigenvalue weighted by atomic mass is 19.1. The van der Waals surface area contributed by atoms with Crippen LogP contribution in [-0.2, 0) is 0 Å². The number of carbonyl (C=O) groups is 1. The highest BCUT2D eigenvalue weighted by Gasteiger charge is 2.56. The van der Waals surface area contributed by atoms with Crippen molar-refractivity contribution in [3.05, 3.63) is 33.6 Å². The number of carboxylic acids is 1. The molecule has 1 aliphatic heterocycles. The fraction of sp³-hybridized carbons (Fsp3) is 0.524. The van der Waals surface area contributed by atoms with Crippen LogP contribution in [0.3, 0.4) is 0 Å². The van der Waals surface area contributed by atoms with Crippen LogP contribution in [0, 0.1) is 17.0 Å². The van der Waals surface area contributed by atoms with Crippen LogP contribution < -0.4 is 16.1 Å². The third-order valence-electron chi connectivity index (χ3n) is 6.97. The van der Waals surface area contributed by atoms with Gasteiger partial charge in [-0.2, -0.15) is 0 Å². The van der Waals surface area contributed by atoms with Crippen LogP contribution in [0.1, 0.15) is 42.1 Å². The molecule has 3 aliphatic rings. The van der Waals surface area contributed by atoms with Crippen LogP contribution in [0.15, 0.2) is 11.0 Å². The van der Waals surface area contributed by atoms with Gasteiger partial charge < -0.3 is 25.2 Å². The van der Waals surface area contributed by atoms with Crippen molar-refractivity contribution < 1.29 is 18.7 Å². The first-order valence-electron chi connectivity index (χ1n) is 10.2. The number of hydrogen-bond donors (Lipinski definition) is 2. The molecule has 9 heteroatoms. The minimum absolute atomic E-state index is 0.0232. The number of benzene rings is 1. The lowest BCUT2D eigenvalue weighted by molar-refractivity contribution is 0.0695. The van der Waals surface area contributed by atoms with E-state index in [1.54, 1.807) is 4.90 Å². The van der Waals surface area contributed by atoms with E-state index in [0.29, 0.717) is 13.1 Å². The van der Waals surface area contributed by atoms with E-state index in [1.807, 2.05) is 14.1 Å². The van der Waals surface area contributed by atoms with Gasteiger partial charge in [-0.05, 0) is 39.8 Å². The molecule has 3 N–H and O–H groups in total. The molecule has 2 aromatic rings. The third kappa shape index (κ3) is 2.57. The molecular weight excluding hydrogens is 394 g/mol. The van der Waals surface area contributed by atoms with E-state index in [1.165, 1.54) is 10.8 Å². The van der Waals surface area contributed by atoms with E-state index in [9.17, 15) is 14.7 Å². The third-order valence-corrected chi connectivity index (χ3v) is 6.97. The molecule has 0 bridgehead atoms. The largest absolute Gasteiger partial charge is 0.477 e. The van der Waals surface area contributed by atoms with Crippen molar-refractivity contribution in [2.24, 2.45) is 5.41 Å². The molecule has 1 saturated heterocycles. The van der Waals surface area contributed by atoms with E-state index in [4.69, 9.17) is 5.73 Å². The second-order valence-electron chi connectivity index (χ2n) is 9.15. The Labute approximate surface area is 171 Å². The number of nitrogen functional groups attached to an aromatic ring is 1. The van der Waals surface area contributed by atoms with Gasteiger partial charge in [0.2, 0.25) is 5.43 Å². The lowest BCUT2D eigenvalue weighted by Crippen LogP contribution is -2.36. The van der Waals surface area contributed by atoms with Crippen molar-refractivity contribution in [1.29, 1.82) is 0 Å². The number of halogens is 2. The molecule has 160 valence electrons. The summed E-state index contributed by atoms with van der Waals surface area (Å²) >= 11 is 0. The summed E-state index contributed by atoms with van der Waals surface area (Å²) in [6, 6.07) is 0.0505. The van der Waals surface area contributed by atoms with Crippen molar-refractivity contribution in [2.45, 2.75) is 37.8 Å². The second kappa shape index (κ2) is 6.16. The maximum absolute atomic E-state index is 15.9. The number of hydrogen-bond acceptors (Lipinski definition) is 5. The number of nitrogens with two attached hydrogens (primary N) is 1. The second-order valence-corrected chi connectivity index (χ2v) is 9.15. The number of likely N-dealkylation sites (N-methyl/N-ethyl adjacent to an activating group) is 1. The summed E-state index contributed by atoms with van der Waals surface area (Å²) in [5, 5.41) is 9.02. The molecular formula is C21H24F2N4O3. The van der Waals surface area contributed by atoms with E-state index in [0.717, 1.165) is 25.7 Å². The van der Waals surface area contributed by atoms with Crippen LogP contribution in [0.4, 0.5) is 20.2 Å². The Balaban J connectivity index is 1.76. The minimum atomic E-state index is -1.44. The maximum Gasteiger partial charge on any atom is 0.341 e. The average molecular weight is 418 g/mol. The summed E-state index contributed by atoms with van der Waals surface area (Å²) in [6.45, 7) is 0.988. The number of rotatable bonds is 4. The molecule has 1 aromatic carbocycles. The fourth-order valence-corrected chi connectivity index (χ4v) is 5.11. The van der Waals surface area contributed by atoms with E-state index >= 15 is 8.78 Å². The summed E-state index contributed by atoms with van der Waals surface area (Å²) < 4.78 is 32.7. The van der Waals surface area contributed by atoms with Gasteiger partial charge in [0.05, 0.1) is 16.6 Å². The van der Waals surface area contributed by atoms with Crippen LogP contribution in [0.25, 0.3) is 10.9 Å². The summed E-state index contributed by atoms with van der Waals surface area (Å²) in [5.41, 5.74) is 3.75. The fourth-order valence-electron chi connectivity index (χ4n) is 5.11. The Hall–Kier alpha value is -2.68. The summed E-state index contributed by atoms with van der Waals surface area (Å²) in [5.74, 6) is -3.27. The van der Waals surface area contributed by atoms with Gasteiger partial charge in [-0.3, -0.25) is 4.79 Å². The Kier molecular flexibility index (Phi) is 3.96. The van der Waals surface area contributed by atoms with Crippen molar-refractivity contribution in [2.75, 3.05) is 37.8 Å². The van der Waals surface area contributed by atoms with Crippen LogP contribution in [0.5, 0.6) is 0 Å². The SMILES string of the molecule is CN(C)[C@@H]1CN(c2c(F)c(N)c3c(=O)c(C(=O)O)cn(C4CC4)c3c2F)CC12CC2. The maximum atomic E-state index is 15.9. The molecule has 7 nitrogen and oxygen atoms in total. The van der Waals surface area contributed by atoms with Gasteiger partial charge in [-0.25, -0.2) is 13.6 Å². The first-order valence-corrected chi connectivity index (χ1v) is 10.2. The average Bonchev–Trinajstić information content (AvgIpc) is 3.58. The summed E-state index contributed by atoms with van der Waals surface area (Å²) in [6.07, 6.45) is 4.65. The zero-order valence-electron chi connectivity index (χ0n) is 16.9. The molecule has 2 aliphatic carbocycles. The number of aromatic carboxylic acids is 1. The smallest absolute Gasteiger partial charge is 0.341 e. The van der Waals surface area contributed by atoms with Gasteiger partial charge in [0, 0.05) is 36.8 Å². The number of anilines is 2. The Morgan fingerprint density at radius 3 is 2.43 bits per heavy atom. The van der Waals surface area contributed by atoms with Gasteiger partial charge in [0.15, 0.2) is 11.6 Å². The molecule has 5 rings (SSSR count). The lowest BCUT2D eigenvalue weighted by atomic mass is 10.0. The van der Waals surface area contributed by atoms with Gasteiger partial charge in [-0.1, -0.05) is 0 Å². The molecule has 3 fully saturated rings. The molecule has 2 saturated carbocycles. The summed E-state index contributed by atoms with van der Waals surface area (Å²) in [7, 11) is 3.93. The molecule has 0 amide bonds. The Bertz CT molecular complexity index is 1150. The molecule has 1 aromatic heterocycles. The zero-order chi connectivity index (χ0) is 21.5. The molecule has 0 unspecified atom stereocenters. The first kappa shape index (κ1) is 19.3. The predicted molar refractivity (Wildman–Crippen MR) is 109 cm³/mol. The number of pyridine rings is 1. The normalized spacial score (nSPS) is 22.4. The molecule has 1 spiro atoms. The van der Waals surface area contributed by atoms with Gasteiger partial charge >= 0.3 is 5.97 Å². The number of fused-ring (bicyclic) bond motifs is 1. The molecule has 30 heavy (non-hydrogen) atoms.